The molecule has 0 saturated carbocycles. The van der Waals surface area contributed by atoms with Gasteiger partial charge in [-0.05, 0) is 12.8 Å². The van der Waals surface area contributed by atoms with Gasteiger partial charge in [-0.15, -0.1) is 0 Å². The molecule has 0 bridgehead atoms. The van der Waals surface area contributed by atoms with Crippen molar-refractivity contribution in [2.24, 2.45) is 0 Å². The van der Waals surface area contributed by atoms with Crippen LogP contribution in [0.2, 0.25) is 0 Å². The van der Waals surface area contributed by atoms with Crippen LogP contribution in [0.25, 0.3) is 0 Å². The number of rotatable bonds is 0. The quantitative estimate of drug-likeness (QED) is 0.369. The molecule has 0 aliphatic carbocycles. The highest BCUT2D eigenvalue weighted by molar-refractivity contribution is 5.76. The van der Waals surface area contributed by atoms with Crippen molar-refractivity contribution >= 4 is 40.4 Å². The predicted molar refractivity (Wildman–Crippen MR) is 38.5 cm³/mol. The Kier molecular flexibility index (Phi) is 11.5. The van der Waals surface area contributed by atoms with Crippen LogP contribution in [0.1, 0.15) is 12.8 Å². The van der Waals surface area contributed by atoms with Gasteiger partial charge in [0, 0.05) is 13.2 Å². The molecule has 1 heterocycles. The largest absolute Gasteiger partial charge is 0.381 e. The van der Waals surface area contributed by atoms with E-state index < -0.39 is 0 Å². The SMILES string of the molecule is C1CCOC1.[AlH3].[MgH2]. The summed E-state index contributed by atoms with van der Waals surface area (Å²) in [7, 11) is 0. The zero-order valence-corrected chi connectivity index (χ0v) is 3.24. The maximum Gasteiger partial charge on any atom is 0.316 e. The van der Waals surface area contributed by atoms with E-state index in [-0.39, 0.29) is 40.4 Å². The normalized spacial score (nSPS) is 17.1. The van der Waals surface area contributed by atoms with Gasteiger partial charge in [-0.25, -0.2) is 0 Å². The Hall–Kier alpha value is 1.26. The van der Waals surface area contributed by atoms with Gasteiger partial charge in [0.1, 0.15) is 0 Å². The highest BCUT2D eigenvalue weighted by atomic mass is 27.0. The Bertz CT molecular complexity index is 23.3. The fourth-order valence-electron chi connectivity index (χ4n) is 0.510. The van der Waals surface area contributed by atoms with Gasteiger partial charge in [0.25, 0.3) is 0 Å². The second-order valence-electron chi connectivity index (χ2n) is 1.32. The summed E-state index contributed by atoms with van der Waals surface area (Å²) in [5.41, 5.74) is 0. The molecule has 0 spiro atoms. The van der Waals surface area contributed by atoms with Crippen molar-refractivity contribution in [1.29, 1.82) is 0 Å². The van der Waals surface area contributed by atoms with Crippen molar-refractivity contribution in [1.82, 2.24) is 0 Å². The van der Waals surface area contributed by atoms with E-state index in [0.717, 1.165) is 13.2 Å². The van der Waals surface area contributed by atoms with Gasteiger partial charge in [-0.1, -0.05) is 0 Å². The fraction of sp³-hybridized carbons (Fsp3) is 1.00. The molecule has 1 rings (SSSR count). The van der Waals surface area contributed by atoms with Crippen molar-refractivity contribution in [3.63, 3.8) is 0 Å². The Morgan fingerprint density at radius 3 is 1.57 bits per heavy atom. The Labute approximate surface area is 71.1 Å². The van der Waals surface area contributed by atoms with Crippen LogP contribution in [0.15, 0.2) is 0 Å². The van der Waals surface area contributed by atoms with E-state index in [2.05, 4.69) is 0 Å². The summed E-state index contributed by atoms with van der Waals surface area (Å²) in [6.45, 7) is 2.00. The summed E-state index contributed by atoms with van der Waals surface area (Å²) >= 11 is 0. The van der Waals surface area contributed by atoms with Crippen LogP contribution in [-0.2, 0) is 4.74 Å². The van der Waals surface area contributed by atoms with Gasteiger partial charge in [0.15, 0.2) is 17.4 Å². The van der Waals surface area contributed by atoms with E-state index in [4.69, 9.17) is 4.74 Å². The van der Waals surface area contributed by atoms with Gasteiger partial charge >= 0.3 is 23.1 Å². The van der Waals surface area contributed by atoms with E-state index in [0.29, 0.717) is 0 Å². The minimum Gasteiger partial charge on any atom is -0.381 e. The molecule has 0 amide bonds. The topological polar surface area (TPSA) is 9.23 Å². The van der Waals surface area contributed by atoms with Gasteiger partial charge < -0.3 is 4.74 Å². The first kappa shape index (κ1) is 11.1. The summed E-state index contributed by atoms with van der Waals surface area (Å²) < 4.78 is 4.94. The lowest BCUT2D eigenvalue weighted by Gasteiger charge is -1.76. The summed E-state index contributed by atoms with van der Waals surface area (Å²) in [5, 5.41) is 0. The first-order chi connectivity index (χ1) is 2.50. The summed E-state index contributed by atoms with van der Waals surface area (Å²) in [6.07, 6.45) is 2.56. The molecule has 0 radical (unpaired) electrons. The van der Waals surface area contributed by atoms with E-state index in [1.807, 2.05) is 0 Å². The van der Waals surface area contributed by atoms with Gasteiger partial charge in [0.2, 0.25) is 0 Å². The van der Waals surface area contributed by atoms with Gasteiger partial charge in [0.05, 0.1) is 0 Å². The highest BCUT2D eigenvalue weighted by Crippen LogP contribution is 1.98. The molecule has 0 atom stereocenters. The molecular formula is C4H13AlMgO. The third kappa shape index (κ3) is 5.12. The molecule has 1 fully saturated rings. The average molecular weight is 128 g/mol. The van der Waals surface area contributed by atoms with E-state index in [1.165, 1.54) is 12.8 Å². The lowest BCUT2D eigenvalue weighted by atomic mass is 10.4. The van der Waals surface area contributed by atoms with Crippen LogP contribution in [0.4, 0.5) is 0 Å². The summed E-state index contributed by atoms with van der Waals surface area (Å²) in [6, 6.07) is 0. The lowest BCUT2D eigenvalue weighted by Crippen LogP contribution is -1.74. The molecule has 1 nitrogen and oxygen atoms in total. The summed E-state index contributed by atoms with van der Waals surface area (Å²) in [5.74, 6) is 0. The minimum atomic E-state index is 0. The van der Waals surface area contributed by atoms with Crippen molar-refractivity contribution in [3.05, 3.63) is 0 Å². The standard InChI is InChI=1S/C4H8O.Al.Mg.5H/c1-2-4-5-3-1;;;;;;;/h1-4H2;;;;;;;. The Morgan fingerprint density at radius 1 is 1.00 bits per heavy atom. The van der Waals surface area contributed by atoms with E-state index >= 15 is 0 Å². The maximum absolute atomic E-state index is 4.94. The van der Waals surface area contributed by atoms with Crippen LogP contribution in [0, 0.1) is 0 Å². The van der Waals surface area contributed by atoms with Crippen LogP contribution < -0.4 is 0 Å². The van der Waals surface area contributed by atoms with E-state index in [9.17, 15) is 0 Å². The molecule has 1 saturated heterocycles. The smallest absolute Gasteiger partial charge is 0.316 e. The maximum atomic E-state index is 4.94. The number of ether oxygens (including phenoxy) is 1. The van der Waals surface area contributed by atoms with Gasteiger partial charge in [-0.2, -0.15) is 0 Å². The lowest BCUT2D eigenvalue weighted by molar-refractivity contribution is 0.198. The molecule has 7 heavy (non-hydrogen) atoms. The summed E-state index contributed by atoms with van der Waals surface area (Å²) in [4.78, 5) is 0. The Morgan fingerprint density at radius 2 is 1.43 bits per heavy atom. The molecule has 0 N–H and O–H groups in total. The van der Waals surface area contributed by atoms with Crippen molar-refractivity contribution in [3.8, 4) is 0 Å². The van der Waals surface area contributed by atoms with Crippen LogP contribution in [0.3, 0.4) is 0 Å². The van der Waals surface area contributed by atoms with Crippen LogP contribution >= 0.6 is 0 Å². The molecule has 0 aromatic rings. The average Bonchev–Trinajstić information content (AvgIpc) is 1.76. The molecule has 40 valence electrons. The first-order valence-corrected chi connectivity index (χ1v) is 2.08. The predicted octanol–water partition coefficient (Wildman–Crippen LogP) is -1.30. The third-order valence-corrected chi connectivity index (χ3v) is 0.827. The minimum absolute atomic E-state index is 0. The van der Waals surface area contributed by atoms with Crippen molar-refractivity contribution in [2.45, 2.75) is 12.8 Å². The van der Waals surface area contributed by atoms with Gasteiger partial charge in [-0.3, -0.25) is 0 Å². The molecule has 3 heteroatoms. The first-order valence-electron chi connectivity index (χ1n) is 2.08. The molecule has 0 aromatic heterocycles. The molecular weight excluding hydrogens is 115 g/mol. The molecule has 1 aliphatic heterocycles. The zero-order valence-electron chi connectivity index (χ0n) is 3.24. The van der Waals surface area contributed by atoms with Crippen molar-refractivity contribution in [2.75, 3.05) is 13.2 Å². The molecule has 0 aromatic carbocycles. The van der Waals surface area contributed by atoms with Crippen LogP contribution in [-0.4, -0.2) is 53.6 Å². The zero-order chi connectivity index (χ0) is 3.54. The molecule has 0 unspecified atom stereocenters. The monoisotopic (exact) mass is 128 g/mol. The second-order valence-corrected chi connectivity index (χ2v) is 1.32. The van der Waals surface area contributed by atoms with E-state index in [1.54, 1.807) is 0 Å². The fourth-order valence-corrected chi connectivity index (χ4v) is 0.510. The second kappa shape index (κ2) is 7.26. The van der Waals surface area contributed by atoms with Crippen molar-refractivity contribution < 1.29 is 4.74 Å². The molecule has 1 aliphatic rings. The highest BCUT2D eigenvalue weighted by Gasteiger charge is 1.94. The third-order valence-electron chi connectivity index (χ3n) is 0.827. The number of hydrogen-bond donors (Lipinski definition) is 0. The number of hydrogen-bond acceptors (Lipinski definition) is 1. The van der Waals surface area contributed by atoms with Crippen LogP contribution in [0.5, 0.6) is 0 Å². The Balaban J connectivity index is 0.